The van der Waals surface area contributed by atoms with Gasteiger partial charge in [-0.05, 0) is 42.4 Å². The van der Waals surface area contributed by atoms with Gasteiger partial charge >= 0.3 is 5.97 Å². The first-order chi connectivity index (χ1) is 10.1. The summed E-state index contributed by atoms with van der Waals surface area (Å²) in [6.07, 6.45) is 3.48. The van der Waals surface area contributed by atoms with Crippen LogP contribution in [0.15, 0.2) is 24.3 Å². The molecule has 0 radical (unpaired) electrons. The van der Waals surface area contributed by atoms with Gasteiger partial charge in [-0.2, -0.15) is 0 Å². The molecular formula is C17H24N2O2. The van der Waals surface area contributed by atoms with Gasteiger partial charge in [0, 0.05) is 32.9 Å². The zero-order chi connectivity index (χ0) is 15.0. The lowest BCUT2D eigenvalue weighted by atomic mass is 9.94. The Morgan fingerprint density at radius 2 is 2.00 bits per heavy atom. The number of benzene rings is 1. The number of carboxylic acid groups (broad SMARTS) is 1. The number of fused-ring (bicyclic) bond motifs is 1. The van der Waals surface area contributed by atoms with Crippen LogP contribution in [0.5, 0.6) is 0 Å². The van der Waals surface area contributed by atoms with Crippen molar-refractivity contribution in [1.29, 1.82) is 0 Å². The minimum absolute atomic E-state index is 0.286. The molecule has 0 amide bonds. The molecule has 4 nitrogen and oxygen atoms in total. The maximum atomic E-state index is 11.6. The highest BCUT2D eigenvalue weighted by Gasteiger charge is 2.47. The zero-order valence-corrected chi connectivity index (χ0v) is 12.8. The predicted octanol–water partition coefficient (Wildman–Crippen LogP) is 2.44. The second-order valence-corrected chi connectivity index (χ2v) is 6.63. The third-order valence-electron chi connectivity index (χ3n) is 5.08. The molecule has 1 saturated heterocycles. The third kappa shape index (κ3) is 2.77. The van der Waals surface area contributed by atoms with Crippen molar-refractivity contribution in [3.63, 3.8) is 0 Å². The average molecular weight is 288 g/mol. The number of hydrogen-bond donors (Lipinski definition) is 1. The second kappa shape index (κ2) is 5.68. The van der Waals surface area contributed by atoms with Crippen LogP contribution < -0.4 is 4.90 Å². The van der Waals surface area contributed by atoms with E-state index in [1.54, 1.807) is 0 Å². The Labute approximate surface area is 126 Å². The van der Waals surface area contributed by atoms with Gasteiger partial charge in [0.05, 0.1) is 0 Å². The molecule has 0 spiro atoms. The van der Waals surface area contributed by atoms with Crippen molar-refractivity contribution < 1.29 is 9.90 Å². The van der Waals surface area contributed by atoms with Crippen LogP contribution in [0.4, 0.5) is 5.69 Å². The van der Waals surface area contributed by atoms with Crippen molar-refractivity contribution in [2.24, 2.45) is 11.8 Å². The Morgan fingerprint density at radius 1 is 1.29 bits per heavy atom. The van der Waals surface area contributed by atoms with Crippen molar-refractivity contribution in [2.75, 3.05) is 25.5 Å². The summed E-state index contributed by atoms with van der Waals surface area (Å²) in [6, 6.07) is 8.14. The van der Waals surface area contributed by atoms with Crippen LogP contribution in [0.1, 0.15) is 24.8 Å². The SMILES string of the molecule is CN(C)c1ccc(CN2CC3CCCC3C2C(=O)O)cc1. The number of anilines is 1. The lowest BCUT2D eigenvalue weighted by molar-refractivity contribution is -0.143. The Morgan fingerprint density at radius 3 is 2.62 bits per heavy atom. The van der Waals surface area contributed by atoms with Crippen LogP contribution in [-0.4, -0.2) is 42.7 Å². The van der Waals surface area contributed by atoms with Crippen LogP contribution in [-0.2, 0) is 11.3 Å². The fourth-order valence-electron chi connectivity index (χ4n) is 4.03. The smallest absolute Gasteiger partial charge is 0.321 e. The highest BCUT2D eigenvalue weighted by atomic mass is 16.4. The van der Waals surface area contributed by atoms with E-state index in [-0.39, 0.29) is 6.04 Å². The molecule has 0 bridgehead atoms. The fraction of sp³-hybridized carbons (Fsp3) is 0.588. The number of carbonyl (C=O) groups is 1. The standard InChI is InChI=1S/C17H24N2O2/c1-18(2)14-8-6-12(7-9-14)10-19-11-13-4-3-5-15(13)16(19)17(20)21/h6-9,13,15-16H,3-5,10-11H2,1-2H3,(H,20,21). The number of aliphatic carboxylic acids is 1. The molecule has 3 atom stereocenters. The van der Waals surface area contributed by atoms with E-state index in [0.717, 1.165) is 19.5 Å². The molecule has 1 aliphatic carbocycles. The van der Waals surface area contributed by atoms with Gasteiger partial charge in [0.2, 0.25) is 0 Å². The molecule has 3 rings (SSSR count). The summed E-state index contributed by atoms with van der Waals surface area (Å²) in [6.45, 7) is 1.69. The van der Waals surface area contributed by atoms with Gasteiger partial charge in [0.15, 0.2) is 0 Å². The van der Waals surface area contributed by atoms with E-state index < -0.39 is 5.97 Å². The van der Waals surface area contributed by atoms with Gasteiger partial charge in [0.25, 0.3) is 0 Å². The molecule has 21 heavy (non-hydrogen) atoms. The van der Waals surface area contributed by atoms with E-state index in [0.29, 0.717) is 11.8 Å². The van der Waals surface area contributed by atoms with Gasteiger partial charge in [-0.25, -0.2) is 0 Å². The molecule has 1 saturated carbocycles. The molecule has 1 aliphatic heterocycles. The number of nitrogens with zero attached hydrogens (tertiary/aromatic N) is 2. The summed E-state index contributed by atoms with van der Waals surface area (Å²) >= 11 is 0. The maximum absolute atomic E-state index is 11.6. The number of rotatable bonds is 4. The summed E-state index contributed by atoms with van der Waals surface area (Å²) in [5.41, 5.74) is 2.37. The molecule has 0 aromatic heterocycles. The molecule has 1 heterocycles. The highest BCUT2D eigenvalue weighted by Crippen LogP contribution is 2.42. The summed E-state index contributed by atoms with van der Waals surface area (Å²) in [5.74, 6) is 0.310. The van der Waals surface area contributed by atoms with E-state index in [2.05, 4.69) is 34.1 Å². The maximum Gasteiger partial charge on any atom is 0.321 e. The lowest BCUT2D eigenvalue weighted by Crippen LogP contribution is -2.39. The Kier molecular flexibility index (Phi) is 3.89. The molecule has 2 aliphatic rings. The van der Waals surface area contributed by atoms with Gasteiger partial charge in [-0.3, -0.25) is 9.69 Å². The number of likely N-dealkylation sites (tertiary alicyclic amines) is 1. The summed E-state index contributed by atoms with van der Waals surface area (Å²) in [5, 5.41) is 9.58. The van der Waals surface area contributed by atoms with Crippen LogP contribution in [0.2, 0.25) is 0 Å². The minimum atomic E-state index is -0.644. The lowest BCUT2D eigenvalue weighted by Gasteiger charge is -2.24. The van der Waals surface area contributed by atoms with E-state index >= 15 is 0 Å². The minimum Gasteiger partial charge on any atom is -0.480 e. The van der Waals surface area contributed by atoms with E-state index in [4.69, 9.17) is 0 Å². The second-order valence-electron chi connectivity index (χ2n) is 6.63. The van der Waals surface area contributed by atoms with Gasteiger partial charge in [-0.1, -0.05) is 18.6 Å². The highest BCUT2D eigenvalue weighted by molar-refractivity contribution is 5.74. The van der Waals surface area contributed by atoms with Crippen LogP contribution in [0.3, 0.4) is 0 Å². The van der Waals surface area contributed by atoms with Crippen molar-refractivity contribution in [2.45, 2.75) is 31.8 Å². The Balaban J connectivity index is 1.73. The first-order valence-electron chi connectivity index (χ1n) is 7.79. The quantitative estimate of drug-likeness (QED) is 0.924. The van der Waals surface area contributed by atoms with Crippen LogP contribution >= 0.6 is 0 Å². The zero-order valence-electron chi connectivity index (χ0n) is 12.8. The first-order valence-corrected chi connectivity index (χ1v) is 7.79. The van der Waals surface area contributed by atoms with Crippen molar-refractivity contribution in [3.05, 3.63) is 29.8 Å². The Bertz CT molecular complexity index is 512. The van der Waals surface area contributed by atoms with Gasteiger partial charge in [-0.15, -0.1) is 0 Å². The molecule has 1 aromatic rings. The fourth-order valence-corrected chi connectivity index (χ4v) is 4.03. The molecule has 1 aromatic carbocycles. The monoisotopic (exact) mass is 288 g/mol. The van der Waals surface area contributed by atoms with E-state index in [9.17, 15) is 9.90 Å². The largest absolute Gasteiger partial charge is 0.480 e. The number of carboxylic acids is 1. The Hall–Kier alpha value is -1.55. The molecule has 114 valence electrons. The predicted molar refractivity (Wildman–Crippen MR) is 83.4 cm³/mol. The van der Waals surface area contributed by atoms with E-state index in [1.165, 1.54) is 24.1 Å². The van der Waals surface area contributed by atoms with Gasteiger partial charge < -0.3 is 10.0 Å². The van der Waals surface area contributed by atoms with E-state index in [1.807, 2.05) is 14.1 Å². The molecule has 1 N–H and O–H groups in total. The third-order valence-corrected chi connectivity index (χ3v) is 5.08. The summed E-state index contributed by atoms with van der Waals surface area (Å²) < 4.78 is 0. The van der Waals surface area contributed by atoms with Crippen molar-refractivity contribution in [1.82, 2.24) is 4.90 Å². The normalized spacial score (nSPS) is 28.6. The van der Waals surface area contributed by atoms with Crippen molar-refractivity contribution >= 4 is 11.7 Å². The summed E-state index contributed by atoms with van der Waals surface area (Å²) in [4.78, 5) is 15.9. The first kappa shape index (κ1) is 14.4. The van der Waals surface area contributed by atoms with Crippen LogP contribution in [0, 0.1) is 11.8 Å². The number of hydrogen-bond acceptors (Lipinski definition) is 3. The summed E-state index contributed by atoms with van der Waals surface area (Å²) in [7, 11) is 4.05. The van der Waals surface area contributed by atoms with Crippen molar-refractivity contribution in [3.8, 4) is 0 Å². The molecular weight excluding hydrogens is 264 g/mol. The molecule has 4 heteroatoms. The average Bonchev–Trinajstić information content (AvgIpc) is 2.98. The topological polar surface area (TPSA) is 43.8 Å². The molecule has 2 fully saturated rings. The van der Waals surface area contributed by atoms with Crippen LogP contribution in [0.25, 0.3) is 0 Å². The van der Waals surface area contributed by atoms with Gasteiger partial charge in [0.1, 0.15) is 6.04 Å². The molecule has 3 unspecified atom stereocenters.